The van der Waals surface area contributed by atoms with Crippen LogP contribution in [0.2, 0.25) is 0 Å². The van der Waals surface area contributed by atoms with E-state index in [1.165, 1.54) is 24.5 Å². The average Bonchev–Trinajstić information content (AvgIpc) is 3.21. The summed E-state index contributed by atoms with van der Waals surface area (Å²) < 4.78 is 5.18. The summed E-state index contributed by atoms with van der Waals surface area (Å²) in [7, 11) is 0. The Labute approximate surface area is 159 Å². The van der Waals surface area contributed by atoms with E-state index in [4.69, 9.17) is 4.52 Å². The highest BCUT2D eigenvalue weighted by Gasteiger charge is 2.16. The first-order chi connectivity index (χ1) is 12.5. The molecule has 6 nitrogen and oxygen atoms in total. The van der Waals surface area contributed by atoms with Gasteiger partial charge in [0, 0.05) is 23.1 Å². The highest BCUT2D eigenvalue weighted by Crippen LogP contribution is 2.29. The lowest BCUT2D eigenvalue weighted by Gasteiger charge is -2.08. The molecular weight excluding hydrogens is 370 g/mol. The summed E-state index contributed by atoms with van der Waals surface area (Å²) in [5.41, 5.74) is 2.46. The maximum atomic E-state index is 12.6. The number of nitrogens with one attached hydrogen (secondary N) is 1. The van der Waals surface area contributed by atoms with Crippen LogP contribution in [0.4, 0.5) is 5.13 Å². The minimum absolute atomic E-state index is 0.0709. The highest BCUT2D eigenvalue weighted by atomic mass is 32.2. The topological polar surface area (TPSA) is 85.1 Å². The minimum Gasteiger partial charge on any atom is -0.361 e. The van der Waals surface area contributed by atoms with Gasteiger partial charge in [-0.15, -0.1) is 11.8 Å². The molecule has 0 atom stereocenters. The van der Waals surface area contributed by atoms with Crippen LogP contribution in [0.15, 0.2) is 39.9 Å². The number of ketones is 1. The maximum Gasteiger partial charge on any atom is 0.258 e. The van der Waals surface area contributed by atoms with Crippen molar-refractivity contribution >= 4 is 39.9 Å². The molecule has 0 fully saturated rings. The van der Waals surface area contributed by atoms with E-state index in [-0.39, 0.29) is 11.7 Å². The first kappa shape index (κ1) is 18.3. The summed E-state index contributed by atoms with van der Waals surface area (Å²) in [6.45, 7) is 5.25. The molecule has 0 bridgehead atoms. The molecule has 8 heteroatoms. The molecule has 2 aromatic heterocycles. The van der Waals surface area contributed by atoms with Gasteiger partial charge in [-0.25, -0.2) is 4.98 Å². The van der Waals surface area contributed by atoms with Crippen molar-refractivity contribution in [1.82, 2.24) is 10.1 Å². The van der Waals surface area contributed by atoms with Gasteiger partial charge in [-0.2, -0.15) is 0 Å². The fourth-order valence-electron chi connectivity index (χ4n) is 2.30. The van der Waals surface area contributed by atoms with Gasteiger partial charge in [0.15, 0.2) is 10.9 Å². The standard InChI is InChI=1S/C18H17N3O3S2/c1-10-14(12(3)24-21-10)9-25-15-7-5-4-6-13(15)17(23)20-18-19-8-16(26-18)11(2)22/h4-8H,9H2,1-3H3,(H,19,20,23). The second-order valence-corrected chi connectivity index (χ2v) is 7.68. The molecule has 0 aliphatic heterocycles. The predicted molar refractivity (Wildman–Crippen MR) is 102 cm³/mol. The van der Waals surface area contributed by atoms with Crippen LogP contribution in [0.5, 0.6) is 0 Å². The summed E-state index contributed by atoms with van der Waals surface area (Å²) in [5, 5.41) is 7.13. The molecular formula is C18H17N3O3S2. The van der Waals surface area contributed by atoms with Crippen molar-refractivity contribution in [3.63, 3.8) is 0 Å². The van der Waals surface area contributed by atoms with Gasteiger partial charge in [0.25, 0.3) is 5.91 Å². The maximum absolute atomic E-state index is 12.6. The van der Waals surface area contributed by atoms with Crippen LogP contribution in [0, 0.1) is 13.8 Å². The first-order valence-electron chi connectivity index (χ1n) is 7.87. The molecule has 2 heterocycles. The van der Waals surface area contributed by atoms with Gasteiger partial charge in [0.2, 0.25) is 0 Å². The van der Waals surface area contributed by atoms with E-state index in [9.17, 15) is 9.59 Å². The number of thioether (sulfide) groups is 1. The number of carbonyl (C=O) groups excluding carboxylic acids is 2. The Kier molecular flexibility index (Phi) is 5.53. The number of hydrogen-bond acceptors (Lipinski definition) is 7. The Hall–Kier alpha value is -2.45. The van der Waals surface area contributed by atoms with Crippen LogP contribution in [0.25, 0.3) is 0 Å². The van der Waals surface area contributed by atoms with E-state index in [1.807, 2.05) is 32.0 Å². The van der Waals surface area contributed by atoms with Gasteiger partial charge in [0.05, 0.1) is 22.3 Å². The number of aromatic nitrogens is 2. The number of rotatable bonds is 6. The van der Waals surface area contributed by atoms with E-state index in [0.717, 1.165) is 21.9 Å². The Balaban J connectivity index is 1.75. The van der Waals surface area contributed by atoms with Crippen molar-refractivity contribution in [1.29, 1.82) is 0 Å². The molecule has 0 saturated carbocycles. The SMILES string of the molecule is CC(=O)c1cnc(NC(=O)c2ccccc2SCc2c(C)noc2C)s1. The van der Waals surface area contributed by atoms with E-state index in [2.05, 4.69) is 15.5 Å². The fraction of sp³-hybridized carbons (Fsp3) is 0.222. The van der Waals surface area contributed by atoms with Gasteiger partial charge in [-0.3, -0.25) is 14.9 Å². The summed E-state index contributed by atoms with van der Waals surface area (Å²) >= 11 is 2.72. The lowest BCUT2D eigenvalue weighted by atomic mass is 10.2. The van der Waals surface area contributed by atoms with E-state index >= 15 is 0 Å². The van der Waals surface area contributed by atoms with Crippen LogP contribution in [0.3, 0.4) is 0 Å². The van der Waals surface area contributed by atoms with Crippen LogP contribution < -0.4 is 5.32 Å². The van der Waals surface area contributed by atoms with Crippen molar-refractivity contribution in [3.8, 4) is 0 Å². The largest absolute Gasteiger partial charge is 0.361 e. The van der Waals surface area contributed by atoms with Gasteiger partial charge in [0.1, 0.15) is 5.76 Å². The summed E-state index contributed by atoms with van der Waals surface area (Å²) in [6.07, 6.45) is 1.47. The first-order valence-corrected chi connectivity index (χ1v) is 9.67. The zero-order valence-electron chi connectivity index (χ0n) is 14.5. The lowest BCUT2D eigenvalue weighted by molar-refractivity contribution is 0.101. The zero-order chi connectivity index (χ0) is 18.7. The molecule has 0 aliphatic carbocycles. The molecule has 0 saturated heterocycles. The Morgan fingerprint density at radius 1 is 1.27 bits per heavy atom. The molecule has 1 amide bonds. The number of thiazole rings is 1. The second kappa shape index (κ2) is 7.84. The zero-order valence-corrected chi connectivity index (χ0v) is 16.2. The highest BCUT2D eigenvalue weighted by molar-refractivity contribution is 7.98. The molecule has 0 radical (unpaired) electrons. The molecule has 1 aromatic carbocycles. The number of benzene rings is 1. The number of aryl methyl sites for hydroxylation is 2. The van der Waals surface area contributed by atoms with Crippen molar-refractivity contribution in [3.05, 3.63) is 57.9 Å². The molecule has 1 N–H and O–H groups in total. The van der Waals surface area contributed by atoms with Crippen molar-refractivity contribution < 1.29 is 14.1 Å². The smallest absolute Gasteiger partial charge is 0.258 e. The van der Waals surface area contributed by atoms with E-state index in [0.29, 0.717) is 21.3 Å². The summed E-state index contributed by atoms with van der Waals surface area (Å²) in [6, 6.07) is 7.38. The minimum atomic E-state index is -0.253. The lowest BCUT2D eigenvalue weighted by Crippen LogP contribution is -2.12. The number of Topliss-reactive ketones (excluding diaryl/α,β-unsaturated/α-hetero) is 1. The normalized spacial score (nSPS) is 10.7. The van der Waals surface area contributed by atoms with Crippen molar-refractivity contribution in [2.45, 2.75) is 31.4 Å². The fourth-order valence-corrected chi connectivity index (χ4v) is 4.21. The number of amides is 1. The number of carbonyl (C=O) groups is 2. The molecule has 3 aromatic rings. The quantitative estimate of drug-likeness (QED) is 0.495. The molecule has 3 rings (SSSR count). The third-order valence-electron chi connectivity index (χ3n) is 3.76. The average molecular weight is 387 g/mol. The molecule has 26 heavy (non-hydrogen) atoms. The second-order valence-electron chi connectivity index (χ2n) is 5.63. The molecule has 0 unspecified atom stereocenters. The van der Waals surface area contributed by atoms with Crippen LogP contribution in [-0.4, -0.2) is 21.8 Å². The van der Waals surface area contributed by atoms with Crippen molar-refractivity contribution in [2.75, 3.05) is 5.32 Å². The van der Waals surface area contributed by atoms with Crippen molar-refractivity contribution in [2.24, 2.45) is 0 Å². The van der Waals surface area contributed by atoms with Crippen LogP contribution in [-0.2, 0) is 5.75 Å². The van der Waals surface area contributed by atoms with Gasteiger partial charge >= 0.3 is 0 Å². The summed E-state index contributed by atoms with van der Waals surface area (Å²) in [5.74, 6) is 1.13. The third-order valence-corrected chi connectivity index (χ3v) is 5.87. The third kappa shape index (κ3) is 4.03. The Morgan fingerprint density at radius 2 is 2.04 bits per heavy atom. The Morgan fingerprint density at radius 3 is 2.69 bits per heavy atom. The number of anilines is 1. The molecule has 0 spiro atoms. The van der Waals surface area contributed by atoms with Crippen LogP contribution >= 0.6 is 23.1 Å². The van der Waals surface area contributed by atoms with Gasteiger partial charge in [-0.05, 0) is 26.0 Å². The predicted octanol–water partition coefficient (Wildman–Crippen LogP) is 4.50. The molecule has 0 aliphatic rings. The van der Waals surface area contributed by atoms with E-state index in [1.54, 1.807) is 17.8 Å². The van der Waals surface area contributed by atoms with Crippen LogP contribution in [0.1, 0.15) is 44.0 Å². The Bertz CT molecular complexity index is 943. The summed E-state index contributed by atoms with van der Waals surface area (Å²) in [4.78, 5) is 29.4. The van der Waals surface area contributed by atoms with Gasteiger partial charge in [-0.1, -0.05) is 28.6 Å². The number of nitrogens with zero attached hydrogens (tertiary/aromatic N) is 2. The number of hydrogen-bond donors (Lipinski definition) is 1. The monoisotopic (exact) mass is 387 g/mol. The van der Waals surface area contributed by atoms with Gasteiger partial charge < -0.3 is 4.52 Å². The van der Waals surface area contributed by atoms with E-state index < -0.39 is 0 Å². The molecule has 134 valence electrons.